The Bertz CT molecular complexity index is 790. The van der Waals surface area contributed by atoms with E-state index in [0.717, 1.165) is 18.4 Å². The summed E-state index contributed by atoms with van der Waals surface area (Å²) in [4.78, 5) is 0.221. The van der Waals surface area contributed by atoms with Crippen LogP contribution in [0.1, 0.15) is 46.1 Å². The van der Waals surface area contributed by atoms with Gasteiger partial charge in [0.25, 0.3) is 10.0 Å². The Labute approximate surface area is 151 Å². The molecule has 2 aromatic rings. The van der Waals surface area contributed by atoms with Crippen molar-refractivity contribution in [1.29, 1.82) is 0 Å². The van der Waals surface area contributed by atoms with Crippen molar-refractivity contribution >= 4 is 15.7 Å². The lowest BCUT2D eigenvalue weighted by Gasteiger charge is -2.23. The first-order valence-corrected chi connectivity index (χ1v) is 10.1. The first-order chi connectivity index (χ1) is 11.7. The lowest BCUT2D eigenvalue weighted by molar-refractivity contribution is 0.309. The van der Waals surface area contributed by atoms with Crippen molar-refractivity contribution in [3.8, 4) is 5.75 Å². The largest absolute Gasteiger partial charge is 0.494 e. The van der Waals surface area contributed by atoms with Crippen LogP contribution in [-0.2, 0) is 15.4 Å². The Kier molecular flexibility index (Phi) is 6.11. The smallest absolute Gasteiger partial charge is 0.261 e. The number of rotatable bonds is 7. The minimum Gasteiger partial charge on any atom is -0.494 e. The number of para-hydroxylation sites is 1. The normalized spacial score (nSPS) is 12.0. The second-order valence-electron chi connectivity index (χ2n) is 7.07. The zero-order valence-corrected chi connectivity index (χ0v) is 16.2. The Morgan fingerprint density at radius 3 is 2.24 bits per heavy atom. The fraction of sp³-hybridized carbons (Fsp3) is 0.400. The molecule has 0 aliphatic carbocycles. The van der Waals surface area contributed by atoms with Crippen molar-refractivity contribution < 1.29 is 13.2 Å². The molecule has 0 aromatic heterocycles. The van der Waals surface area contributed by atoms with Crippen LogP contribution in [0.25, 0.3) is 0 Å². The number of hydrogen-bond acceptors (Lipinski definition) is 3. The van der Waals surface area contributed by atoms with Crippen LogP contribution in [0, 0.1) is 0 Å². The van der Waals surface area contributed by atoms with E-state index in [1.165, 1.54) is 0 Å². The van der Waals surface area contributed by atoms with Gasteiger partial charge in [-0.05, 0) is 47.7 Å². The zero-order valence-electron chi connectivity index (χ0n) is 15.4. The standard InChI is InChI=1S/C20H27NO3S/c1-5-6-15-24-16-11-13-17(14-12-16)25(22,23)21-19-10-8-7-9-18(19)20(2,3)4/h7-14,21H,5-6,15H2,1-4H3. The average molecular weight is 362 g/mol. The van der Waals surface area contributed by atoms with Gasteiger partial charge in [0.1, 0.15) is 5.75 Å². The number of anilines is 1. The summed E-state index contributed by atoms with van der Waals surface area (Å²) in [5.74, 6) is 0.683. The molecule has 2 aromatic carbocycles. The molecule has 0 radical (unpaired) electrons. The minimum absolute atomic E-state index is 0.157. The van der Waals surface area contributed by atoms with Gasteiger partial charge in [-0.3, -0.25) is 4.72 Å². The molecule has 0 saturated carbocycles. The highest BCUT2D eigenvalue weighted by molar-refractivity contribution is 7.92. The van der Waals surface area contributed by atoms with Crippen molar-refractivity contribution in [2.45, 2.75) is 50.8 Å². The first-order valence-electron chi connectivity index (χ1n) is 8.59. The van der Waals surface area contributed by atoms with Crippen LogP contribution < -0.4 is 9.46 Å². The van der Waals surface area contributed by atoms with Gasteiger partial charge in [0, 0.05) is 0 Å². The Morgan fingerprint density at radius 1 is 1.00 bits per heavy atom. The fourth-order valence-corrected chi connectivity index (χ4v) is 3.56. The number of ether oxygens (including phenoxy) is 1. The molecule has 5 heteroatoms. The molecule has 0 atom stereocenters. The monoisotopic (exact) mass is 361 g/mol. The topological polar surface area (TPSA) is 55.4 Å². The number of benzene rings is 2. The molecule has 0 unspecified atom stereocenters. The summed E-state index contributed by atoms with van der Waals surface area (Å²) in [5, 5.41) is 0. The van der Waals surface area contributed by atoms with Gasteiger partial charge in [-0.2, -0.15) is 0 Å². The van der Waals surface area contributed by atoms with Gasteiger partial charge in [-0.25, -0.2) is 8.42 Å². The van der Waals surface area contributed by atoms with Crippen LogP contribution in [-0.4, -0.2) is 15.0 Å². The maximum Gasteiger partial charge on any atom is 0.261 e. The van der Waals surface area contributed by atoms with Gasteiger partial charge in [0.05, 0.1) is 17.2 Å². The van der Waals surface area contributed by atoms with E-state index in [1.807, 2.05) is 18.2 Å². The van der Waals surface area contributed by atoms with Gasteiger partial charge < -0.3 is 4.74 Å². The summed E-state index contributed by atoms with van der Waals surface area (Å²) in [7, 11) is -3.64. The molecule has 0 spiro atoms. The van der Waals surface area contributed by atoms with E-state index in [4.69, 9.17) is 4.74 Å². The summed E-state index contributed by atoms with van der Waals surface area (Å²) < 4.78 is 33.7. The average Bonchev–Trinajstić information content (AvgIpc) is 2.55. The first kappa shape index (κ1) is 19.3. The van der Waals surface area contributed by atoms with E-state index < -0.39 is 10.0 Å². The van der Waals surface area contributed by atoms with Crippen molar-refractivity contribution in [3.05, 3.63) is 54.1 Å². The van der Waals surface area contributed by atoms with Crippen molar-refractivity contribution in [2.24, 2.45) is 0 Å². The number of hydrogen-bond donors (Lipinski definition) is 1. The second-order valence-corrected chi connectivity index (χ2v) is 8.76. The molecule has 0 saturated heterocycles. The zero-order chi connectivity index (χ0) is 18.5. The van der Waals surface area contributed by atoms with Crippen LogP contribution in [0.3, 0.4) is 0 Å². The fourth-order valence-electron chi connectivity index (χ4n) is 2.48. The number of sulfonamides is 1. The van der Waals surface area contributed by atoms with E-state index in [9.17, 15) is 8.42 Å². The second kappa shape index (κ2) is 7.91. The molecule has 4 nitrogen and oxygen atoms in total. The van der Waals surface area contributed by atoms with Gasteiger partial charge in [-0.1, -0.05) is 52.3 Å². The molecule has 2 rings (SSSR count). The van der Waals surface area contributed by atoms with E-state index in [1.54, 1.807) is 30.3 Å². The minimum atomic E-state index is -3.64. The summed E-state index contributed by atoms with van der Waals surface area (Å²) >= 11 is 0. The molecule has 0 aliphatic rings. The van der Waals surface area contributed by atoms with E-state index in [2.05, 4.69) is 32.4 Å². The van der Waals surface area contributed by atoms with Gasteiger partial charge in [0.2, 0.25) is 0 Å². The third kappa shape index (κ3) is 5.23. The number of nitrogens with one attached hydrogen (secondary N) is 1. The van der Waals surface area contributed by atoms with Gasteiger partial charge in [0.15, 0.2) is 0 Å². The highest BCUT2D eigenvalue weighted by Gasteiger charge is 2.21. The van der Waals surface area contributed by atoms with Gasteiger partial charge >= 0.3 is 0 Å². The highest BCUT2D eigenvalue weighted by Crippen LogP contribution is 2.30. The molecule has 0 fully saturated rings. The van der Waals surface area contributed by atoms with E-state index in [0.29, 0.717) is 18.0 Å². The quantitative estimate of drug-likeness (QED) is 0.709. The maximum absolute atomic E-state index is 12.7. The summed E-state index contributed by atoms with van der Waals surface area (Å²) in [6.07, 6.45) is 2.04. The number of unbranched alkanes of at least 4 members (excludes halogenated alkanes) is 1. The molecular weight excluding hydrogens is 334 g/mol. The van der Waals surface area contributed by atoms with Crippen LogP contribution in [0.2, 0.25) is 0 Å². The predicted molar refractivity (Wildman–Crippen MR) is 103 cm³/mol. The van der Waals surface area contributed by atoms with Gasteiger partial charge in [-0.15, -0.1) is 0 Å². The maximum atomic E-state index is 12.7. The van der Waals surface area contributed by atoms with E-state index >= 15 is 0 Å². The summed E-state index contributed by atoms with van der Waals surface area (Å²) in [5.41, 5.74) is 1.41. The van der Waals surface area contributed by atoms with Crippen molar-refractivity contribution in [2.75, 3.05) is 11.3 Å². The molecule has 0 bridgehead atoms. The third-order valence-electron chi connectivity index (χ3n) is 3.88. The van der Waals surface area contributed by atoms with Crippen molar-refractivity contribution in [3.63, 3.8) is 0 Å². The highest BCUT2D eigenvalue weighted by atomic mass is 32.2. The Hall–Kier alpha value is -2.01. The third-order valence-corrected chi connectivity index (χ3v) is 5.26. The molecule has 0 aliphatic heterocycles. The molecule has 0 amide bonds. The van der Waals surface area contributed by atoms with Crippen LogP contribution in [0.15, 0.2) is 53.4 Å². The van der Waals surface area contributed by atoms with Crippen LogP contribution in [0.4, 0.5) is 5.69 Å². The molecular formula is C20H27NO3S. The molecule has 1 N–H and O–H groups in total. The molecule has 0 heterocycles. The summed E-state index contributed by atoms with van der Waals surface area (Å²) in [6.45, 7) is 8.91. The molecule has 25 heavy (non-hydrogen) atoms. The Balaban J connectivity index is 2.20. The van der Waals surface area contributed by atoms with Crippen LogP contribution >= 0.6 is 0 Å². The lowest BCUT2D eigenvalue weighted by Crippen LogP contribution is -2.19. The molecule has 136 valence electrons. The summed E-state index contributed by atoms with van der Waals surface area (Å²) in [6, 6.07) is 14.0. The predicted octanol–water partition coefficient (Wildman–Crippen LogP) is 4.96. The van der Waals surface area contributed by atoms with E-state index in [-0.39, 0.29) is 10.3 Å². The Morgan fingerprint density at radius 2 is 1.64 bits per heavy atom. The van der Waals surface area contributed by atoms with Crippen molar-refractivity contribution in [1.82, 2.24) is 0 Å². The lowest BCUT2D eigenvalue weighted by atomic mass is 9.86. The SMILES string of the molecule is CCCCOc1ccc(S(=O)(=O)Nc2ccccc2C(C)(C)C)cc1. The van der Waals surface area contributed by atoms with Crippen LogP contribution in [0.5, 0.6) is 5.75 Å².